The second-order valence-electron chi connectivity index (χ2n) is 4.23. The van der Waals surface area contributed by atoms with Crippen LogP contribution in [0.3, 0.4) is 0 Å². The Morgan fingerprint density at radius 1 is 1.70 bits per heavy atom. The van der Waals surface area contributed by atoms with E-state index in [1.807, 2.05) is 0 Å². The first-order chi connectivity index (χ1) is 4.68. The van der Waals surface area contributed by atoms with Crippen LogP contribution in [0.4, 0.5) is 0 Å². The SMILES string of the molecule is CCC(C)CC1(C)C2=CC21. The number of allylic oxidation sites excluding steroid dienone is 2. The molecule has 0 heteroatoms. The largest absolute Gasteiger partial charge is 0.0760 e. The molecule has 0 aromatic heterocycles. The Morgan fingerprint density at radius 3 is 2.60 bits per heavy atom. The average Bonchev–Trinajstić information content (AvgIpc) is 2.73. The maximum atomic E-state index is 2.42. The molecule has 2 aliphatic carbocycles. The summed E-state index contributed by atoms with van der Waals surface area (Å²) < 4.78 is 0. The molecule has 0 radical (unpaired) electrons. The first kappa shape index (κ1) is 6.45. The van der Waals surface area contributed by atoms with Crippen LogP contribution in [0, 0.1) is 17.3 Å². The van der Waals surface area contributed by atoms with Crippen molar-refractivity contribution in [2.75, 3.05) is 0 Å². The molecule has 3 unspecified atom stereocenters. The molecule has 0 nitrogen and oxygen atoms in total. The average molecular weight is 136 g/mol. The Hall–Kier alpha value is -0.260. The van der Waals surface area contributed by atoms with E-state index in [2.05, 4.69) is 26.8 Å². The number of fused-ring (bicyclic) bond motifs is 1. The number of hydrogen-bond donors (Lipinski definition) is 0. The summed E-state index contributed by atoms with van der Waals surface area (Å²) in [5, 5.41) is 0. The van der Waals surface area contributed by atoms with Crippen molar-refractivity contribution in [2.24, 2.45) is 17.3 Å². The van der Waals surface area contributed by atoms with E-state index in [0.717, 1.165) is 11.8 Å². The van der Waals surface area contributed by atoms with Crippen molar-refractivity contribution >= 4 is 0 Å². The highest BCUT2D eigenvalue weighted by Crippen LogP contribution is 2.73. The van der Waals surface area contributed by atoms with Crippen molar-refractivity contribution in [3.05, 3.63) is 11.6 Å². The van der Waals surface area contributed by atoms with Gasteiger partial charge in [-0.2, -0.15) is 0 Å². The third-order valence-corrected chi connectivity index (χ3v) is 3.30. The molecule has 1 fully saturated rings. The highest BCUT2D eigenvalue weighted by Gasteiger charge is 2.63. The van der Waals surface area contributed by atoms with Gasteiger partial charge in [-0.15, -0.1) is 0 Å². The zero-order valence-electron chi connectivity index (χ0n) is 7.15. The van der Waals surface area contributed by atoms with E-state index in [-0.39, 0.29) is 0 Å². The van der Waals surface area contributed by atoms with Crippen LogP contribution in [-0.4, -0.2) is 0 Å². The zero-order chi connectivity index (χ0) is 7.35. The summed E-state index contributed by atoms with van der Waals surface area (Å²) >= 11 is 0. The molecule has 2 aliphatic rings. The molecule has 0 aromatic rings. The van der Waals surface area contributed by atoms with Gasteiger partial charge in [0.2, 0.25) is 0 Å². The van der Waals surface area contributed by atoms with Gasteiger partial charge in [0.25, 0.3) is 0 Å². The smallest absolute Gasteiger partial charge is 0.00773 e. The van der Waals surface area contributed by atoms with E-state index in [1.165, 1.54) is 12.8 Å². The Balaban J connectivity index is 1.86. The van der Waals surface area contributed by atoms with Crippen LogP contribution in [0.15, 0.2) is 11.6 Å². The highest BCUT2D eigenvalue weighted by atomic mass is 14.7. The summed E-state index contributed by atoms with van der Waals surface area (Å²) in [5.41, 5.74) is 2.45. The van der Waals surface area contributed by atoms with Crippen molar-refractivity contribution in [1.29, 1.82) is 0 Å². The van der Waals surface area contributed by atoms with Crippen LogP contribution >= 0.6 is 0 Å². The Bertz CT molecular complexity index is 190. The minimum atomic E-state index is 0.690. The van der Waals surface area contributed by atoms with Crippen LogP contribution in [-0.2, 0) is 0 Å². The summed E-state index contributed by atoms with van der Waals surface area (Å²) in [4.78, 5) is 0. The molecule has 0 heterocycles. The molecule has 0 aromatic carbocycles. The Morgan fingerprint density at radius 2 is 2.30 bits per heavy atom. The maximum Gasteiger partial charge on any atom is 0.00773 e. The van der Waals surface area contributed by atoms with E-state index in [1.54, 1.807) is 5.57 Å². The minimum absolute atomic E-state index is 0.690. The fourth-order valence-corrected chi connectivity index (χ4v) is 2.07. The van der Waals surface area contributed by atoms with Crippen LogP contribution in [0.2, 0.25) is 0 Å². The fraction of sp³-hybridized carbons (Fsp3) is 0.800. The van der Waals surface area contributed by atoms with Gasteiger partial charge < -0.3 is 0 Å². The van der Waals surface area contributed by atoms with Gasteiger partial charge in [-0.25, -0.2) is 0 Å². The van der Waals surface area contributed by atoms with Crippen molar-refractivity contribution in [2.45, 2.75) is 33.6 Å². The van der Waals surface area contributed by atoms with Crippen LogP contribution in [0.25, 0.3) is 0 Å². The zero-order valence-corrected chi connectivity index (χ0v) is 7.15. The molecular weight excluding hydrogens is 120 g/mol. The topological polar surface area (TPSA) is 0 Å². The number of rotatable bonds is 3. The van der Waals surface area contributed by atoms with Crippen molar-refractivity contribution in [3.63, 3.8) is 0 Å². The lowest BCUT2D eigenvalue weighted by molar-refractivity contribution is 0.376. The van der Waals surface area contributed by atoms with Crippen LogP contribution in [0.1, 0.15) is 33.6 Å². The molecule has 0 spiro atoms. The van der Waals surface area contributed by atoms with E-state index >= 15 is 0 Å². The lowest BCUT2D eigenvalue weighted by atomic mass is 9.88. The molecule has 0 N–H and O–H groups in total. The second kappa shape index (κ2) is 1.66. The van der Waals surface area contributed by atoms with Gasteiger partial charge in [0, 0.05) is 5.92 Å². The predicted octanol–water partition coefficient (Wildman–Crippen LogP) is 3.00. The monoisotopic (exact) mass is 136 g/mol. The lowest BCUT2D eigenvalue weighted by Crippen LogP contribution is -2.06. The summed E-state index contributed by atoms with van der Waals surface area (Å²) in [6, 6.07) is 0. The molecule has 0 bridgehead atoms. The first-order valence-corrected chi connectivity index (χ1v) is 4.40. The van der Waals surface area contributed by atoms with Gasteiger partial charge in [0.15, 0.2) is 0 Å². The molecule has 10 heavy (non-hydrogen) atoms. The fourth-order valence-electron chi connectivity index (χ4n) is 2.07. The van der Waals surface area contributed by atoms with E-state index in [0.29, 0.717) is 5.41 Å². The summed E-state index contributed by atoms with van der Waals surface area (Å²) in [6.07, 6.45) is 5.18. The normalized spacial score (nSPS) is 43.9. The summed E-state index contributed by atoms with van der Waals surface area (Å²) in [5.74, 6) is 1.89. The van der Waals surface area contributed by atoms with Gasteiger partial charge >= 0.3 is 0 Å². The molecule has 0 amide bonds. The Labute approximate surface area is 63.3 Å². The second-order valence-corrected chi connectivity index (χ2v) is 4.23. The summed E-state index contributed by atoms with van der Waals surface area (Å²) in [6.45, 7) is 7.07. The van der Waals surface area contributed by atoms with Gasteiger partial charge in [0.1, 0.15) is 0 Å². The van der Waals surface area contributed by atoms with Gasteiger partial charge in [0.05, 0.1) is 0 Å². The third kappa shape index (κ3) is 0.680. The van der Waals surface area contributed by atoms with Crippen molar-refractivity contribution in [1.82, 2.24) is 0 Å². The molecule has 3 atom stereocenters. The van der Waals surface area contributed by atoms with Gasteiger partial charge in [-0.1, -0.05) is 38.8 Å². The number of hydrogen-bond acceptors (Lipinski definition) is 0. The highest BCUT2D eigenvalue weighted by molar-refractivity contribution is 5.56. The molecule has 56 valence electrons. The van der Waals surface area contributed by atoms with Crippen LogP contribution in [0.5, 0.6) is 0 Å². The molecule has 0 saturated heterocycles. The van der Waals surface area contributed by atoms with Gasteiger partial charge in [-0.3, -0.25) is 0 Å². The van der Waals surface area contributed by atoms with E-state index < -0.39 is 0 Å². The van der Waals surface area contributed by atoms with Gasteiger partial charge in [-0.05, 0) is 17.8 Å². The van der Waals surface area contributed by atoms with Crippen molar-refractivity contribution in [3.8, 4) is 0 Å². The Kier molecular flexibility index (Phi) is 1.07. The van der Waals surface area contributed by atoms with Crippen molar-refractivity contribution < 1.29 is 0 Å². The molecule has 1 saturated carbocycles. The molecular formula is C10H16. The lowest BCUT2D eigenvalue weighted by Gasteiger charge is -2.16. The molecule has 2 rings (SSSR count). The molecule has 0 aliphatic heterocycles. The van der Waals surface area contributed by atoms with E-state index in [4.69, 9.17) is 0 Å². The third-order valence-electron chi connectivity index (χ3n) is 3.30. The predicted molar refractivity (Wildman–Crippen MR) is 43.8 cm³/mol. The van der Waals surface area contributed by atoms with E-state index in [9.17, 15) is 0 Å². The standard InChI is InChI=1S/C10H16/c1-4-7(2)6-10(3)8-5-9(8)10/h5,7-8H,4,6H2,1-3H3. The summed E-state index contributed by atoms with van der Waals surface area (Å²) in [7, 11) is 0. The first-order valence-electron chi connectivity index (χ1n) is 4.40. The van der Waals surface area contributed by atoms with Crippen LogP contribution < -0.4 is 0 Å². The maximum absolute atomic E-state index is 2.42. The minimum Gasteiger partial charge on any atom is -0.0760 e. The quantitative estimate of drug-likeness (QED) is 0.523.